The van der Waals surface area contributed by atoms with E-state index in [1.54, 1.807) is 0 Å². The van der Waals surface area contributed by atoms with Crippen LogP contribution in [-0.4, -0.2) is 15.8 Å². The fourth-order valence-corrected chi connectivity index (χ4v) is 4.86. The Kier molecular flexibility index (Phi) is 4.71. The molecular weight excluding hydrogens is 373 g/mol. The van der Waals surface area contributed by atoms with Crippen LogP contribution in [0.15, 0.2) is 60.7 Å². The average Bonchev–Trinajstić information content (AvgIpc) is 3.04. The molecule has 4 aromatic rings. The van der Waals surface area contributed by atoms with E-state index in [0.717, 1.165) is 30.5 Å². The first kappa shape index (κ1) is 19.1. The highest BCUT2D eigenvalue weighted by Gasteiger charge is 2.26. The SMILES string of the molecule is Cc1ccc(C)c(Cn2c3c(c4cccc(-c5ccc(F)cc5)c42)CC(O)CC3)c1. The lowest BCUT2D eigenvalue weighted by molar-refractivity contribution is 0.158. The van der Waals surface area contributed by atoms with Gasteiger partial charge in [0, 0.05) is 29.6 Å². The topological polar surface area (TPSA) is 25.2 Å². The molecular formula is C27H26FNO. The van der Waals surface area contributed by atoms with E-state index in [9.17, 15) is 9.50 Å². The standard InChI is InChI=1S/C27H26FNO/c1-17-6-7-18(2)20(14-17)16-29-26-13-12-22(30)15-25(26)24-5-3-4-23(27(24)29)19-8-10-21(28)11-9-19/h3-11,14,22,30H,12-13,15-16H2,1-2H3. The Morgan fingerprint density at radius 1 is 1.03 bits per heavy atom. The van der Waals surface area contributed by atoms with E-state index < -0.39 is 0 Å². The largest absolute Gasteiger partial charge is 0.393 e. The number of nitrogens with zero attached hydrogens (tertiary/aromatic N) is 1. The van der Waals surface area contributed by atoms with Gasteiger partial charge < -0.3 is 9.67 Å². The van der Waals surface area contributed by atoms with Gasteiger partial charge >= 0.3 is 0 Å². The first-order valence-corrected chi connectivity index (χ1v) is 10.6. The van der Waals surface area contributed by atoms with Gasteiger partial charge in [-0.1, -0.05) is 54.1 Å². The molecule has 0 amide bonds. The summed E-state index contributed by atoms with van der Waals surface area (Å²) in [5.41, 5.74) is 9.75. The molecule has 0 saturated heterocycles. The Balaban J connectivity index is 1.77. The summed E-state index contributed by atoms with van der Waals surface area (Å²) in [6.07, 6.45) is 2.08. The molecule has 0 fully saturated rings. The molecule has 1 unspecified atom stereocenters. The van der Waals surface area contributed by atoms with Gasteiger partial charge in [0.15, 0.2) is 0 Å². The molecule has 2 nitrogen and oxygen atoms in total. The van der Waals surface area contributed by atoms with Crippen LogP contribution in [0.2, 0.25) is 0 Å². The van der Waals surface area contributed by atoms with Crippen LogP contribution in [0.3, 0.4) is 0 Å². The molecule has 1 aliphatic carbocycles. The minimum atomic E-state index is -0.285. The molecule has 3 heteroatoms. The third-order valence-corrected chi connectivity index (χ3v) is 6.45. The van der Waals surface area contributed by atoms with Crippen molar-refractivity contribution in [1.29, 1.82) is 0 Å². The minimum Gasteiger partial charge on any atom is -0.393 e. The maximum absolute atomic E-state index is 13.6. The van der Waals surface area contributed by atoms with Crippen molar-refractivity contribution in [3.05, 3.63) is 94.4 Å². The van der Waals surface area contributed by atoms with Gasteiger partial charge in [0.2, 0.25) is 0 Å². The summed E-state index contributed by atoms with van der Waals surface area (Å²) in [6, 6.07) is 19.7. The van der Waals surface area contributed by atoms with Crippen LogP contribution in [0, 0.1) is 19.7 Å². The van der Waals surface area contributed by atoms with Crippen molar-refractivity contribution in [1.82, 2.24) is 4.57 Å². The summed E-state index contributed by atoms with van der Waals surface area (Å²) >= 11 is 0. The molecule has 0 aliphatic heterocycles. The predicted octanol–water partition coefficient (Wildman–Crippen LogP) is 5.96. The molecule has 1 aromatic heterocycles. The Hall–Kier alpha value is -2.91. The molecule has 5 rings (SSSR count). The lowest BCUT2D eigenvalue weighted by Crippen LogP contribution is -2.20. The van der Waals surface area contributed by atoms with Crippen LogP contribution in [-0.2, 0) is 19.4 Å². The van der Waals surface area contributed by atoms with E-state index in [1.165, 1.54) is 51.0 Å². The number of aliphatic hydroxyl groups excluding tert-OH is 1. The summed E-state index contributed by atoms with van der Waals surface area (Å²) in [5.74, 6) is -0.223. The molecule has 1 heterocycles. The highest BCUT2D eigenvalue weighted by molar-refractivity contribution is 5.98. The second-order valence-electron chi connectivity index (χ2n) is 8.55. The van der Waals surface area contributed by atoms with Crippen LogP contribution < -0.4 is 0 Å². The number of benzene rings is 3. The van der Waals surface area contributed by atoms with Crippen LogP contribution in [0.5, 0.6) is 0 Å². The summed E-state index contributed by atoms with van der Waals surface area (Å²) in [5, 5.41) is 11.6. The van der Waals surface area contributed by atoms with Crippen molar-refractivity contribution in [2.45, 2.75) is 45.8 Å². The van der Waals surface area contributed by atoms with Crippen molar-refractivity contribution in [3.63, 3.8) is 0 Å². The zero-order valence-corrected chi connectivity index (χ0v) is 17.5. The van der Waals surface area contributed by atoms with Crippen molar-refractivity contribution in [2.75, 3.05) is 0 Å². The Labute approximate surface area is 176 Å². The van der Waals surface area contributed by atoms with Gasteiger partial charge in [0.25, 0.3) is 0 Å². The summed E-state index contributed by atoms with van der Waals surface area (Å²) in [4.78, 5) is 0. The van der Waals surface area contributed by atoms with E-state index in [-0.39, 0.29) is 11.9 Å². The van der Waals surface area contributed by atoms with E-state index in [1.807, 2.05) is 12.1 Å². The number of aliphatic hydroxyl groups is 1. The van der Waals surface area contributed by atoms with E-state index in [2.05, 4.69) is 54.8 Å². The Bertz CT molecular complexity index is 1240. The molecule has 1 aliphatic rings. The molecule has 1 atom stereocenters. The van der Waals surface area contributed by atoms with Gasteiger partial charge in [0.05, 0.1) is 11.6 Å². The number of hydrogen-bond acceptors (Lipinski definition) is 1. The monoisotopic (exact) mass is 399 g/mol. The van der Waals surface area contributed by atoms with Crippen LogP contribution >= 0.6 is 0 Å². The molecule has 152 valence electrons. The average molecular weight is 400 g/mol. The van der Waals surface area contributed by atoms with Crippen LogP contribution in [0.25, 0.3) is 22.0 Å². The first-order valence-electron chi connectivity index (χ1n) is 10.6. The van der Waals surface area contributed by atoms with E-state index in [0.29, 0.717) is 6.42 Å². The van der Waals surface area contributed by atoms with E-state index >= 15 is 0 Å². The number of para-hydroxylation sites is 1. The lowest BCUT2D eigenvalue weighted by atomic mass is 9.92. The Morgan fingerprint density at radius 2 is 1.83 bits per heavy atom. The highest BCUT2D eigenvalue weighted by atomic mass is 19.1. The number of halogens is 1. The van der Waals surface area contributed by atoms with Crippen molar-refractivity contribution < 1.29 is 9.50 Å². The first-order chi connectivity index (χ1) is 14.5. The Morgan fingerprint density at radius 3 is 2.63 bits per heavy atom. The zero-order valence-electron chi connectivity index (χ0n) is 17.5. The lowest BCUT2D eigenvalue weighted by Gasteiger charge is -2.21. The molecule has 1 N–H and O–H groups in total. The second kappa shape index (κ2) is 7.41. The number of fused-ring (bicyclic) bond motifs is 3. The summed E-state index contributed by atoms with van der Waals surface area (Å²) in [7, 11) is 0. The minimum absolute atomic E-state index is 0.223. The van der Waals surface area contributed by atoms with E-state index in [4.69, 9.17) is 0 Å². The maximum Gasteiger partial charge on any atom is 0.123 e. The third-order valence-electron chi connectivity index (χ3n) is 6.45. The van der Waals surface area contributed by atoms with Crippen LogP contribution in [0.1, 0.15) is 34.4 Å². The molecule has 0 saturated carbocycles. The molecule has 3 aromatic carbocycles. The van der Waals surface area contributed by atoms with Crippen molar-refractivity contribution >= 4 is 10.9 Å². The molecule has 30 heavy (non-hydrogen) atoms. The molecule has 0 bridgehead atoms. The normalized spacial score (nSPS) is 16.1. The summed E-state index contributed by atoms with van der Waals surface area (Å²) in [6.45, 7) is 5.09. The number of aromatic nitrogens is 1. The van der Waals surface area contributed by atoms with Crippen molar-refractivity contribution in [3.8, 4) is 11.1 Å². The van der Waals surface area contributed by atoms with Crippen molar-refractivity contribution in [2.24, 2.45) is 0 Å². The fraction of sp³-hybridized carbons (Fsp3) is 0.259. The van der Waals surface area contributed by atoms with Crippen LogP contribution in [0.4, 0.5) is 4.39 Å². The zero-order chi connectivity index (χ0) is 20.8. The number of rotatable bonds is 3. The smallest absolute Gasteiger partial charge is 0.123 e. The van der Waals surface area contributed by atoms with Gasteiger partial charge in [-0.05, 0) is 61.1 Å². The van der Waals surface area contributed by atoms with Gasteiger partial charge in [-0.25, -0.2) is 4.39 Å². The number of aryl methyl sites for hydroxylation is 2. The third kappa shape index (κ3) is 3.23. The summed E-state index contributed by atoms with van der Waals surface area (Å²) < 4.78 is 16.0. The molecule has 0 radical (unpaired) electrons. The van der Waals surface area contributed by atoms with Gasteiger partial charge in [0.1, 0.15) is 5.82 Å². The fourth-order valence-electron chi connectivity index (χ4n) is 4.86. The quantitative estimate of drug-likeness (QED) is 0.452. The molecule has 0 spiro atoms. The van der Waals surface area contributed by atoms with Gasteiger partial charge in [-0.2, -0.15) is 0 Å². The predicted molar refractivity (Wildman–Crippen MR) is 120 cm³/mol. The van der Waals surface area contributed by atoms with Gasteiger partial charge in [-0.3, -0.25) is 0 Å². The number of hydrogen-bond donors (Lipinski definition) is 1. The highest BCUT2D eigenvalue weighted by Crippen LogP contribution is 2.38. The van der Waals surface area contributed by atoms with Gasteiger partial charge in [-0.15, -0.1) is 0 Å². The second-order valence-corrected chi connectivity index (χ2v) is 8.55. The maximum atomic E-state index is 13.6.